The monoisotopic (exact) mass is 383 g/mol. The number of carboxylic acids is 1. The van der Waals surface area contributed by atoms with E-state index >= 15 is 0 Å². The third-order valence-corrected chi connectivity index (χ3v) is 5.37. The number of carbonyl (C=O) groups excluding carboxylic acids is 2. The van der Waals surface area contributed by atoms with E-state index in [4.69, 9.17) is 10.8 Å². The molecule has 1 aromatic heterocycles. The highest BCUT2D eigenvalue weighted by Gasteiger charge is 2.53. The standard InChI is InChI=1S/C13H13N5O5S2/c1-23-17-7(5-4-25-13(14)15-5)9(19)16-8-10(20)18-6(12(21)22)2-3-24-11(8)18/h2,4,8,11H,3H2,1H3,(H2,14,15)(H,16,19)(H,21,22)/b17-7-/t8?,11-/m1/s1. The van der Waals surface area contributed by atoms with Gasteiger partial charge in [-0.15, -0.1) is 23.1 Å². The molecule has 2 aliphatic heterocycles. The first-order valence-electron chi connectivity index (χ1n) is 6.95. The summed E-state index contributed by atoms with van der Waals surface area (Å²) in [5.74, 6) is -1.89. The van der Waals surface area contributed by atoms with Crippen molar-refractivity contribution in [1.29, 1.82) is 0 Å². The predicted molar refractivity (Wildman–Crippen MR) is 90.8 cm³/mol. The third-order valence-electron chi connectivity index (χ3n) is 3.51. The summed E-state index contributed by atoms with van der Waals surface area (Å²) in [5.41, 5.74) is 5.60. The highest BCUT2D eigenvalue weighted by Crippen LogP contribution is 2.37. The number of nitrogens with zero attached hydrogens (tertiary/aromatic N) is 3. The first-order chi connectivity index (χ1) is 11.9. The summed E-state index contributed by atoms with van der Waals surface area (Å²) >= 11 is 2.49. The number of fused-ring (bicyclic) bond motifs is 1. The Kier molecular flexibility index (Phi) is 4.63. The average Bonchev–Trinajstić information content (AvgIpc) is 3.02. The number of anilines is 1. The SMILES string of the molecule is CO/N=C(\C(=O)NC1C(=O)N2C(C(=O)O)=CCS[C@H]12)c1csc(N)n1. The molecule has 2 amide bonds. The van der Waals surface area contributed by atoms with Gasteiger partial charge in [-0.3, -0.25) is 14.5 Å². The van der Waals surface area contributed by atoms with Crippen LogP contribution < -0.4 is 11.1 Å². The zero-order valence-corrected chi connectivity index (χ0v) is 14.5. The molecule has 0 spiro atoms. The van der Waals surface area contributed by atoms with Gasteiger partial charge in [0, 0.05) is 11.1 Å². The van der Waals surface area contributed by atoms with Gasteiger partial charge in [-0.1, -0.05) is 5.16 Å². The van der Waals surface area contributed by atoms with Crippen LogP contribution in [0.15, 0.2) is 22.3 Å². The van der Waals surface area contributed by atoms with Gasteiger partial charge in [0.05, 0.1) is 0 Å². The summed E-state index contributed by atoms with van der Waals surface area (Å²) < 4.78 is 0. The average molecular weight is 383 g/mol. The van der Waals surface area contributed by atoms with E-state index in [1.54, 1.807) is 5.38 Å². The van der Waals surface area contributed by atoms with Gasteiger partial charge >= 0.3 is 5.97 Å². The van der Waals surface area contributed by atoms with E-state index in [0.29, 0.717) is 5.75 Å². The second-order valence-corrected chi connectivity index (χ2v) is 7.01. The van der Waals surface area contributed by atoms with Crippen molar-refractivity contribution in [2.24, 2.45) is 5.16 Å². The minimum atomic E-state index is -1.18. The number of hydrogen-bond acceptors (Lipinski definition) is 9. The van der Waals surface area contributed by atoms with Gasteiger partial charge in [0.2, 0.25) is 0 Å². The Morgan fingerprint density at radius 2 is 2.32 bits per heavy atom. The number of β-lactam (4-membered cyclic amide) rings is 1. The summed E-state index contributed by atoms with van der Waals surface area (Å²) in [6.45, 7) is 0. The minimum Gasteiger partial charge on any atom is -0.477 e. The van der Waals surface area contributed by atoms with Gasteiger partial charge in [0.1, 0.15) is 29.9 Å². The zero-order chi connectivity index (χ0) is 18.1. The number of amides is 2. The van der Waals surface area contributed by atoms with Crippen LogP contribution >= 0.6 is 23.1 Å². The van der Waals surface area contributed by atoms with E-state index in [9.17, 15) is 14.4 Å². The Morgan fingerprint density at radius 3 is 2.92 bits per heavy atom. The van der Waals surface area contributed by atoms with Crippen LogP contribution in [0.2, 0.25) is 0 Å². The number of nitrogens with two attached hydrogens (primary N) is 1. The molecule has 0 saturated carbocycles. The van der Waals surface area contributed by atoms with Crippen LogP contribution in [0.4, 0.5) is 5.13 Å². The van der Waals surface area contributed by atoms with Crippen molar-refractivity contribution >= 4 is 51.7 Å². The van der Waals surface area contributed by atoms with Crippen molar-refractivity contribution in [3.63, 3.8) is 0 Å². The molecule has 10 nitrogen and oxygen atoms in total. The molecular formula is C13H13N5O5S2. The molecule has 0 bridgehead atoms. The van der Waals surface area contributed by atoms with E-state index in [-0.39, 0.29) is 22.2 Å². The lowest BCUT2D eigenvalue weighted by atomic mass is 10.0. The maximum Gasteiger partial charge on any atom is 0.352 e. The second kappa shape index (κ2) is 6.72. The molecular weight excluding hydrogens is 370 g/mol. The second-order valence-electron chi connectivity index (χ2n) is 4.97. The van der Waals surface area contributed by atoms with Crippen LogP contribution in [0, 0.1) is 0 Å². The maximum atomic E-state index is 12.5. The molecule has 25 heavy (non-hydrogen) atoms. The molecule has 2 aliphatic rings. The van der Waals surface area contributed by atoms with Crippen LogP contribution in [0.25, 0.3) is 0 Å². The lowest BCUT2D eigenvalue weighted by molar-refractivity contribution is -0.150. The molecule has 2 atom stereocenters. The summed E-state index contributed by atoms with van der Waals surface area (Å²) in [6.07, 6.45) is 1.47. The number of nitrogen functional groups attached to an aromatic ring is 1. The van der Waals surface area contributed by atoms with Crippen molar-refractivity contribution in [2.45, 2.75) is 11.4 Å². The Bertz CT molecular complexity index is 804. The molecule has 4 N–H and O–H groups in total. The van der Waals surface area contributed by atoms with Gasteiger partial charge in [0.15, 0.2) is 10.8 Å². The van der Waals surface area contributed by atoms with Crippen molar-refractivity contribution < 1.29 is 24.3 Å². The number of hydrogen-bond donors (Lipinski definition) is 3. The fraction of sp³-hybridized carbons (Fsp3) is 0.308. The minimum absolute atomic E-state index is 0.0719. The quantitative estimate of drug-likeness (QED) is 0.348. The van der Waals surface area contributed by atoms with E-state index in [2.05, 4.69) is 20.3 Å². The van der Waals surface area contributed by atoms with E-state index in [0.717, 1.165) is 16.2 Å². The molecule has 12 heteroatoms. The Hall–Kier alpha value is -2.60. The van der Waals surface area contributed by atoms with Gasteiger partial charge < -0.3 is 21.0 Å². The van der Waals surface area contributed by atoms with Crippen LogP contribution in [0.3, 0.4) is 0 Å². The zero-order valence-electron chi connectivity index (χ0n) is 12.8. The normalized spacial score (nSPS) is 22.6. The maximum absolute atomic E-state index is 12.5. The first kappa shape index (κ1) is 17.2. The third kappa shape index (κ3) is 3.05. The lowest BCUT2D eigenvalue weighted by Crippen LogP contribution is -2.70. The highest BCUT2D eigenvalue weighted by atomic mass is 32.2. The molecule has 3 heterocycles. The number of thioether (sulfide) groups is 1. The van der Waals surface area contributed by atoms with Crippen LogP contribution in [-0.2, 0) is 19.2 Å². The molecule has 1 fully saturated rings. The van der Waals surface area contributed by atoms with E-state index in [1.165, 1.54) is 24.9 Å². The summed E-state index contributed by atoms with van der Waals surface area (Å²) in [4.78, 5) is 45.7. The van der Waals surface area contributed by atoms with Crippen molar-refractivity contribution in [1.82, 2.24) is 15.2 Å². The Morgan fingerprint density at radius 1 is 1.56 bits per heavy atom. The topological polar surface area (TPSA) is 147 Å². The number of thiazole rings is 1. The number of carboxylic acid groups (broad SMARTS) is 1. The van der Waals surface area contributed by atoms with Crippen LogP contribution in [0.5, 0.6) is 0 Å². The number of aliphatic carboxylic acids is 1. The molecule has 0 aromatic carbocycles. The first-order valence-corrected chi connectivity index (χ1v) is 8.88. The number of oxime groups is 1. The van der Waals surface area contributed by atoms with Crippen LogP contribution in [-0.4, -0.2) is 62.8 Å². The molecule has 1 aromatic rings. The highest BCUT2D eigenvalue weighted by molar-refractivity contribution is 8.00. The Labute approximate surface area is 149 Å². The summed E-state index contributed by atoms with van der Waals surface area (Å²) in [5, 5.41) is 16.7. The molecule has 3 rings (SSSR count). The molecule has 1 unspecified atom stereocenters. The van der Waals surface area contributed by atoms with Crippen molar-refractivity contribution in [3.05, 3.63) is 22.8 Å². The number of rotatable bonds is 5. The molecule has 0 radical (unpaired) electrons. The number of nitrogens with one attached hydrogen (secondary N) is 1. The lowest BCUT2D eigenvalue weighted by Gasteiger charge is -2.48. The van der Waals surface area contributed by atoms with Crippen molar-refractivity contribution in [3.8, 4) is 0 Å². The fourth-order valence-electron chi connectivity index (χ4n) is 2.44. The fourth-order valence-corrected chi connectivity index (χ4v) is 4.18. The van der Waals surface area contributed by atoms with Crippen LogP contribution in [0.1, 0.15) is 5.69 Å². The molecule has 132 valence electrons. The summed E-state index contributed by atoms with van der Waals surface area (Å²) in [7, 11) is 1.28. The molecule has 1 saturated heterocycles. The van der Waals surface area contributed by atoms with Gasteiger partial charge in [-0.05, 0) is 6.08 Å². The van der Waals surface area contributed by atoms with E-state index < -0.39 is 29.2 Å². The number of aromatic nitrogens is 1. The molecule has 0 aliphatic carbocycles. The van der Waals surface area contributed by atoms with Gasteiger partial charge in [-0.25, -0.2) is 9.78 Å². The summed E-state index contributed by atoms with van der Waals surface area (Å²) in [6, 6.07) is -0.849. The van der Waals surface area contributed by atoms with E-state index in [1.807, 2.05) is 0 Å². The van der Waals surface area contributed by atoms with Crippen molar-refractivity contribution in [2.75, 3.05) is 18.6 Å². The Balaban J connectivity index is 1.75. The smallest absolute Gasteiger partial charge is 0.352 e. The number of carbonyl (C=O) groups is 3. The van der Waals surface area contributed by atoms with Gasteiger partial charge in [0.25, 0.3) is 11.8 Å². The largest absolute Gasteiger partial charge is 0.477 e. The van der Waals surface area contributed by atoms with Gasteiger partial charge in [-0.2, -0.15) is 0 Å². The predicted octanol–water partition coefficient (Wildman–Crippen LogP) is -0.556.